The number of carbonyl (C=O) groups is 1. The van der Waals surface area contributed by atoms with E-state index in [1.807, 2.05) is 0 Å². The third kappa shape index (κ3) is 12.8. The van der Waals surface area contributed by atoms with E-state index < -0.39 is 62.2 Å². The Kier molecular flexibility index (Phi) is 17.7. The number of rotatable bonds is 20. The third-order valence-electron chi connectivity index (χ3n) is 5.13. The van der Waals surface area contributed by atoms with E-state index in [1.165, 1.54) is 0 Å². The predicted octanol–water partition coefficient (Wildman–Crippen LogP) is 7.18. The Hall–Kier alpha value is -1.09. The molecule has 0 aliphatic heterocycles. The smallest absolute Gasteiger partial charge is 0.305 e. The minimum absolute atomic E-state index is 0.0805. The Balaban J connectivity index is 4.27. The van der Waals surface area contributed by atoms with Gasteiger partial charge in [-0.1, -0.05) is 51.9 Å². The number of ether oxygens (including phenoxy) is 1. The molecule has 0 amide bonds. The number of halogens is 8. The zero-order valence-electron chi connectivity index (χ0n) is 18.6. The van der Waals surface area contributed by atoms with Crippen LogP contribution in [0.5, 0.6) is 0 Å². The Morgan fingerprint density at radius 3 is 1.59 bits per heavy atom. The number of alkyl halides is 8. The molecule has 10 heteroatoms. The number of carbonyl (C=O) groups excluding carboxylic acids is 1. The Morgan fingerprint density at radius 1 is 0.656 bits per heavy atom. The van der Waals surface area contributed by atoms with Gasteiger partial charge in [-0.2, -0.15) is 0 Å². The van der Waals surface area contributed by atoms with Gasteiger partial charge in [0.2, 0.25) is 0 Å². The van der Waals surface area contributed by atoms with Crippen molar-refractivity contribution >= 4 is 5.97 Å². The topological polar surface area (TPSA) is 26.3 Å². The van der Waals surface area contributed by atoms with Crippen LogP contribution in [0.3, 0.4) is 0 Å². The van der Waals surface area contributed by atoms with Gasteiger partial charge in [0.1, 0.15) is 12.8 Å². The van der Waals surface area contributed by atoms with E-state index in [4.69, 9.17) is 0 Å². The average Bonchev–Trinajstić information content (AvgIpc) is 2.78. The molecular weight excluding hydrogens is 448 g/mol. The fraction of sp³-hybridized carbons (Fsp3) is 0.955. The van der Waals surface area contributed by atoms with Gasteiger partial charge in [0.15, 0.2) is 37.0 Å². The molecule has 0 rings (SSSR count). The van der Waals surface area contributed by atoms with Crippen LogP contribution >= 0.6 is 0 Å². The van der Waals surface area contributed by atoms with Crippen LogP contribution in [0.15, 0.2) is 0 Å². The molecule has 0 aliphatic carbocycles. The summed E-state index contributed by atoms with van der Waals surface area (Å²) in [5.74, 6) is -0.862. The van der Waals surface area contributed by atoms with Crippen LogP contribution in [-0.4, -0.2) is 62.5 Å². The van der Waals surface area contributed by atoms with Gasteiger partial charge in [-0.05, 0) is 19.3 Å². The average molecular weight is 485 g/mol. The van der Waals surface area contributed by atoms with E-state index in [-0.39, 0.29) is 19.5 Å². The number of hydrogen-bond donors (Lipinski definition) is 0. The van der Waals surface area contributed by atoms with Gasteiger partial charge in [0.05, 0.1) is 6.67 Å². The summed E-state index contributed by atoms with van der Waals surface area (Å²) in [4.78, 5) is 11.1. The molecule has 0 aliphatic rings. The van der Waals surface area contributed by atoms with Gasteiger partial charge in [0, 0.05) is 6.42 Å². The van der Waals surface area contributed by atoms with Crippen molar-refractivity contribution in [1.29, 1.82) is 0 Å². The molecule has 32 heavy (non-hydrogen) atoms. The molecule has 0 radical (unpaired) electrons. The van der Waals surface area contributed by atoms with Crippen molar-refractivity contribution in [2.45, 2.75) is 121 Å². The second-order valence-corrected chi connectivity index (χ2v) is 7.99. The molecule has 0 fully saturated rings. The molecule has 0 saturated heterocycles. The molecule has 0 N–H and O–H groups in total. The molecule has 0 saturated carbocycles. The summed E-state index contributed by atoms with van der Waals surface area (Å²) in [6, 6.07) is 0. The van der Waals surface area contributed by atoms with Crippen molar-refractivity contribution in [3.63, 3.8) is 0 Å². The quantitative estimate of drug-likeness (QED) is 0.104. The molecule has 192 valence electrons. The highest BCUT2D eigenvalue weighted by molar-refractivity contribution is 5.69. The highest BCUT2D eigenvalue weighted by Gasteiger charge is 2.45. The molecule has 0 spiro atoms. The zero-order valence-corrected chi connectivity index (χ0v) is 18.6. The molecular formula is C22H36F8O2. The van der Waals surface area contributed by atoms with Gasteiger partial charge in [-0.3, -0.25) is 9.18 Å². The monoisotopic (exact) mass is 484 g/mol. The van der Waals surface area contributed by atoms with Crippen LogP contribution in [0.1, 0.15) is 77.6 Å². The highest BCUT2D eigenvalue weighted by atomic mass is 19.2. The van der Waals surface area contributed by atoms with Crippen LogP contribution in [0.4, 0.5) is 35.1 Å². The van der Waals surface area contributed by atoms with E-state index in [2.05, 4.69) is 4.74 Å². The molecule has 0 aromatic rings. The number of hydrogen-bond acceptors (Lipinski definition) is 2. The SMILES string of the molecule is CCCC(=O)OCC(F)C(F)C(F)C(F)C(F)C(F)C(F)CCCCCCCCCCF. The summed E-state index contributed by atoms with van der Waals surface area (Å²) in [5, 5.41) is 0. The largest absolute Gasteiger partial charge is 0.462 e. The van der Waals surface area contributed by atoms with Crippen LogP contribution in [0, 0.1) is 0 Å². The molecule has 0 aromatic carbocycles. The second-order valence-electron chi connectivity index (χ2n) is 7.99. The standard InChI is InChI=1S/C22H36F8O2/c1-2-11-17(31)32-14-16(25)19(27)21(29)22(30)20(28)18(26)15(24)12-9-7-5-3-4-6-8-10-13-23/h15-16,18-22H,2-14H2,1H3. The van der Waals surface area contributed by atoms with Crippen molar-refractivity contribution in [2.75, 3.05) is 13.3 Å². The van der Waals surface area contributed by atoms with Gasteiger partial charge < -0.3 is 4.74 Å². The van der Waals surface area contributed by atoms with Crippen molar-refractivity contribution in [3.8, 4) is 0 Å². The van der Waals surface area contributed by atoms with Gasteiger partial charge >= 0.3 is 5.97 Å². The van der Waals surface area contributed by atoms with E-state index in [1.54, 1.807) is 6.92 Å². The Labute approximate surface area is 185 Å². The lowest BCUT2D eigenvalue weighted by atomic mass is 9.97. The third-order valence-corrected chi connectivity index (χ3v) is 5.13. The van der Waals surface area contributed by atoms with E-state index >= 15 is 0 Å². The first kappa shape index (κ1) is 30.9. The van der Waals surface area contributed by atoms with Gasteiger partial charge in [-0.25, -0.2) is 30.7 Å². The predicted molar refractivity (Wildman–Crippen MR) is 108 cm³/mol. The summed E-state index contributed by atoms with van der Waals surface area (Å²) in [7, 11) is 0. The molecule has 0 bridgehead atoms. The molecule has 2 nitrogen and oxygen atoms in total. The summed E-state index contributed by atoms with van der Waals surface area (Å²) >= 11 is 0. The highest BCUT2D eigenvalue weighted by Crippen LogP contribution is 2.27. The molecule has 7 atom stereocenters. The maximum Gasteiger partial charge on any atom is 0.305 e. The van der Waals surface area contributed by atoms with E-state index in [9.17, 15) is 39.9 Å². The summed E-state index contributed by atoms with van der Waals surface area (Å²) in [5.41, 5.74) is 0. The van der Waals surface area contributed by atoms with Crippen LogP contribution in [-0.2, 0) is 9.53 Å². The first-order valence-electron chi connectivity index (χ1n) is 11.4. The lowest BCUT2D eigenvalue weighted by Gasteiger charge is -2.25. The normalized spacial score (nSPS) is 18.4. The summed E-state index contributed by atoms with van der Waals surface area (Å²) < 4.78 is 113. The van der Waals surface area contributed by atoms with Gasteiger partial charge in [-0.15, -0.1) is 0 Å². The van der Waals surface area contributed by atoms with E-state index in [0.717, 1.165) is 32.1 Å². The van der Waals surface area contributed by atoms with Crippen LogP contribution < -0.4 is 0 Å². The summed E-state index contributed by atoms with van der Waals surface area (Å²) in [6.07, 6.45) is -16.2. The first-order valence-corrected chi connectivity index (χ1v) is 11.4. The Bertz CT molecular complexity index is 471. The minimum Gasteiger partial charge on any atom is -0.462 e. The lowest BCUT2D eigenvalue weighted by molar-refractivity contribution is -0.147. The molecule has 0 aromatic heterocycles. The van der Waals surface area contributed by atoms with Crippen molar-refractivity contribution in [2.24, 2.45) is 0 Å². The lowest BCUT2D eigenvalue weighted by Crippen LogP contribution is -2.46. The fourth-order valence-electron chi connectivity index (χ4n) is 3.12. The fourth-order valence-corrected chi connectivity index (χ4v) is 3.12. The van der Waals surface area contributed by atoms with Gasteiger partial charge in [0.25, 0.3) is 0 Å². The van der Waals surface area contributed by atoms with Crippen LogP contribution in [0.2, 0.25) is 0 Å². The molecule has 0 heterocycles. The Morgan fingerprint density at radius 2 is 1.09 bits per heavy atom. The first-order chi connectivity index (χ1) is 15.2. The number of unbranched alkanes of at least 4 members (excludes halogenated alkanes) is 7. The van der Waals surface area contributed by atoms with Crippen molar-refractivity contribution < 1.29 is 44.7 Å². The zero-order chi connectivity index (χ0) is 24.5. The van der Waals surface area contributed by atoms with Crippen molar-refractivity contribution in [3.05, 3.63) is 0 Å². The van der Waals surface area contributed by atoms with Crippen molar-refractivity contribution in [1.82, 2.24) is 0 Å². The maximum atomic E-state index is 13.9. The number of esters is 1. The van der Waals surface area contributed by atoms with Crippen LogP contribution in [0.25, 0.3) is 0 Å². The summed E-state index contributed by atoms with van der Waals surface area (Å²) in [6.45, 7) is 0.0870. The molecule has 7 unspecified atom stereocenters. The second kappa shape index (κ2) is 18.3. The van der Waals surface area contributed by atoms with E-state index in [0.29, 0.717) is 19.3 Å². The maximum absolute atomic E-state index is 13.9. The minimum atomic E-state index is -3.41.